The second-order valence-corrected chi connectivity index (χ2v) is 4.93. The topological polar surface area (TPSA) is 80.7 Å². The van der Waals surface area contributed by atoms with Crippen LogP contribution in [0.25, 0.3) is 0 Å². The van der Waals surface area contributed by atoms with Gasteiger partial charge in [0.1, 0.15) is 5.92 Å². The molecular formula is C10H12O5S. The maximum Gasteiger partial charge on any atom is 0.313 e. The van der Waals surface area contributed by atoms with Crippen LogP contribution in [0, 0.1) is 0 Å². The third-order valence-corrected chi connectivity index (χ3v) is 2.51. The molecule has 0 fully saturated rings. The Labute approximate surface area is 93.8 Å². The number of carboxylic acids is 1. The van der Waals surface area contributed by atoms with Crippen LogP contribution >= 0.6 is 0 Å². The van der Waals surface area contributed by atoms with E-state index >= 15 is 0 Å². The Morgan fingerprint density at radius 3 is 2.38 bits per heavy atom. The fourth-order valence-electron chi connectivity index (χ4n) is 1.19. The van der Waals surface area contributed by atoms with Crippen LogP contribution in [0.15, 0.2) is 30.3 Å². The van der Waals surface area contributed by atoms with Crippen molar-refractivity contribution in [2.24, 2.45) is 0 Å². The van der Waals surface area contributed by atoms with Gasteiger partial charge in [0.25, 0.3) is 10.1 Å². The minimum absolute atomic E-state index is 0.391. The second kappa shape index (κ2) is 5.09. The third kappa shape index (κ3) is 4.00. The Hall–Kier alpha value is -1.40. The van der Waals surface area contributed by atoms with Crippen LogP contribution in [-0.2, 0) is 19.1 Å². The third-order valence-electron chi connectivity index (χ3n) is 1.95. The van der Waals surface area contributed by atoms with Crippen LogP contribution in [0.3, 0.4) is 0 Å². The number of rotatable bonds is 5. The molecular weight excluding hydrogens is 232 g/mol. The van der Waals surface area contributed by atoms with Gasteiger partial charge in [0.2, 0.25) is 0 Å². The van der Waals surface area contributed by atoms with E-state index in [0.717, 1.165) is 6.26 Å². The van der Waals surface area contributed by atoms with Crippen molar-refractivity contribution < 1.29 is 22.5 Å². The van der Waals surface area contributed by atoms with Gasteiger partial charge in [0.15, 0.2) is 0 Å². The van der Waals surface area contributed by atoms with Gasteiger partial charge in [-0.1, -0.05) is 30.3 Å². The molecule has 0 aromatic heterocycles. The predicted molar refractivity (Wildman–Crippen MR) is 57.6 cm³/mol. The normalized spacial score (nSPS) is 13.3. The Bertz CT molecular complexity index is 451. The highest BCUT2D eigenvalue weighted by atomic mass is 32.2. The zero-order valence-electron chi connectivity index (χ0n) is 8.66. The molecule has 0 aliphatic carbocycles. The first kappa shape index (κ1) is 12.7. The van der Waals surface area contributed by atoms with Gasteiger partial charge in [-0.25, -0.2) is 0 Å². The van der Waals surface area contributed by atoms with Crippen LogP contribution in [0.2, 0.25) is 0 Å². The first-order chi connectivity index (χ1) is 7.40. The molecule has 5 nitrogen and oxygen atoms in total. The average Bonchev–Trinajstić information content (AvgIpc) is 2.17. The maximum atomic E-state index is 10.9. The molecule has 0 spiro atoms. The number of hydrogen-bond acceptors (Lipinski definition) is 4. The maximum absolute atomic E-state index is 10.9. The van der Waals surface area contributed by atoms with E-state index in [1.54, 1.807) is 30.3 Å². The Balaban J connectivity index is 2.81. The molecule has 1 unspecified atom stereocenters. The molecule has 0 aliphatic heterocycles. The summed E-state index contributed by atoms with van der Waals surface area (Å²) in [4.78, 5) is 10.9. The van der Waals surface area contributed by atoms with Gasteiger partial charge in [0, 0.05) is 0 Å². The lowest BCUT2D eigenvalue weighted by Gasteiger charge is -2.11. The number of aliphatic carboxylic acids is 1. The van der Waals surface area contributed by atoms with E-state index < -0.39 is 28.6 Å². The highest BCUT2D eigenvalue weighted by Gasteiger charge is 2.21. The molecule has 0 heterocycles. The molecule has 16 heavy (non-hydrogen) atoms. The lowest BCUT2D eigenvalue weighted by Crippen LogP contribution is -2.19. The van der Waals surface area contributed by atoms with Gasteiger partial charge >= 0.3 is 5.97 Å². The summed E-state index contributed by atoms with van der Waals surface area (Å²) in [6.07, 6.45) is 0.886. The number of carboxylic acid groups (broad SMARTS) is 1. The number of carbonyl (C=O) groups is 1. The zero-order chi connectivity index (χ0) is 12.2. The molecule has 0 amide bonds. The van der Waals surface area contributed by atoms with Crippen LogP contribution in [0.4, 0.5) is 0 Å². The molecule has 1 N–H and O–H groups in total. The first-order valence-electron chi connectivity index (χ1n) is 4.52. The predicted octanol–water partition coefficient (Wildman–Crippen LogP) is 0.831. The summed E-state index contributed by atoms with van der Waals surface area (Å²) in [5, 5.41) is 8.95. The van der Waals surface area contributed by atoms with Crippen LogP contribution in [0.1, 0.15) is 11.5 Å². The Kier molecular flexibility index (Phi) is 4.03. The number of benzene rings is 1. The van der Waals surface area contributed by atoms with Gasteiger partial charge in [0.05, 0.1) is 12.9 Å². The molecule has 0 aliphatic rings. The van der Waals surface area contributed by atoms with Crippen molar-refractivity contribution in [3.8, 4) is 0 Å². The fraction of sp³-hybridized carbons (Fsp3) is 0.300. The lowest BCUT2D eigenvalue weighted by molar-refractivity contribution is -0.139. The monoisotopic (exact) mass is 244 g/mol. The first-order valence-corrected chi connectivity index (χ1v) is 6.34. The molecule has 0 saturated carbocycles. The van der Waals surface area contributed by atoms with Crippen molar-refractivity contribution in [1.82, 2.24) is 0 Å². The van der Waals surface area contributed by atoms with Gasteiger partial charge in [-0.05, 0) is 5.56 Å². The van der Waals surface area contributed by atoms with Crippen molar-refractivity contribution in [2.45, 2.75) is 5.92 Å². The fourth-order valence-corrected chi connectivity index (χ4v) is 1.57. The summed E-state index contributed by atoms with van der Waals surface area (Å²) in [6.45, 7) is -0.391. The Morgan fingerprint density at radius 2 is 1.94 bits per heavy atom. The molecule has 0 saturated heterocycles. The van der Waals surface area contributed by atoms with E-state index in [-0.39, 0.29) is 0 Å². The second-order valence-electron chi connectivity index (χ2n) is 3.29. The van der Waals surface area contributed by atoms with Crippen molar-refractivity contribution in [3.05, 3.63) is 35.9 Å². The largest absolute Gasteiger partial charge is 0.481 e. The molecule has 1 aromatic rings. The lowest BCUT2D eigenvalue weighted by atomic mass is 10.0. The van der Waals surface area contributed by atoms with Crippen LogP contribution < -0.4 is 0 Å². The summed E-state index contributed by atoms with van der Waals surface area (Å²) < 4.78 is 26.0. The summed E-state index contributed by atoms with van der Waals surface area (Å²) in [5.74, 6) is -2.09. The quantitative estimate of drug-likeness (QED) is 0.776. The molecule has 1 atom stereocenters. The SMILES string of the molecule is CS(=O)(=O)OCC(C(=O)O)c1ccccc1. The van der Waals surface area contributed by atoms with Gasteiger partial charge in [-0.3, -0.25) is 8.98 Å². The number of hydrogen-bond donors (Lipinski definition) is 1. The van der Waals surface area contributed by atoms with Crippen molar-refractivity contribution in [2.75, 3.05) is 12.9 Å². The van der Waals surface area contributed by atoms with Crippen molar-refractivity contribution in [1.29, 1.82) is 0 Å². The van der Waals surface area contributed by atoms with E-state index in [2.05, 4.69) is 4.18 Å². The summed E-state index contributed by atoms with van der Waals surface area (Å²) in [6, 6.07) is 8.35. The molecule has 0 radical (unpaired) electrons. The molecule has 1 rings (SSSR count). The smallest absolute Gasteiger partial charge is 0.313 e. The van der Waals surface area contributed by atoms with Crippen LogP contribution in [0.5, 0.6) is 0 Å². The van der Waals surface area contributed by atoms with Crippen LogP contribution in [-0.4, -0.2) is 32.4 Å². The summed E-state index contributed by atoms with van der Waals surface area (Å²) in [5.41, 5.74) is 0.513. The molecule has 1 aromatic carbocycles. The van der Waals surface area contributed by atoms with E-state index in [4.69, 9.17) is 5.11 Å². The van der Waals surface area contributed by atoms with E-state index in [9.17, 15) is 13.2 Å². The minimum atomic E-state index is -3.62. The Morgan fingerprint density at radius 1 is 1.38 bits per heavy atom. The standard InChI is InChI=1S/C10H12O5S/c1-16(13,14)15-7-9(10(11)12)8-5-3-2-4-6-8/h2-6,9H,7H2,1H3,(H,11,12). The van der Waals surface area contributed by atoms with Gasteiger partial charge in [-0.15, -0.1) is 0 Å². The summed E-state index contributed by atoms with van der Waals surface area (Å²) >= 11 is 0. The van der Waals surface area contributed by atoms with Gasteiger partial charge in [-0.2, -0.15) is 8.42 Å². The molecule has 88 valence electrons. The average molecular weight is 244 g/mol. The highest BCUT2D eigenvalue weighted by Crippen LogP contribution is 2.16. The molecule has 0 bridgehead atoms. The van der Waals surface area contributed by atoms with E-state index in [1.165, 1.54) is 0 Å². The van der Waals surface area contributed by atoms with Crippen molar-refractivity contribution in [3.63, 3.8) is 0 Å². The van der Waals surface area contributed by atoms with Crippen molar-refractivity contribution >= 4 is 16.1 Å². The summed E-state index contributed by atoms with van der Waals surface area (Å²) in [7, 11) is -3.62. The van der Waals surface area contributed by atoms with Gasteiger partial charge < -0.3 is 5.11 Å². The minimum Gasteiger partial charge on any atom is -0.481 e. The van der Waals surface area contributed by atoms with E-state index in [1.807, 2.05) is 0 Å². The van der Waals surface area contributed by atoms with E-state index in [0.29, 0.717) is 5.56 Å². The highest BCUT2D eigenvalue weighted by molar-refractivity contribution is 7.85. The zero-order valence-corrected chi connectivity index (χ0v) is 9.48. The molecule has 6 heteroatoms.